The minimum Gasteiger partial charge on any atom is -0.312 e. The van der Waals surface area contributed by atoms with Crippen LogP contribution >= 0.6 is 0 Å². The Labute approximate surface area is 117 Å². The summed E-state index contributed by atoms with van der Waals surface area (Å²) in [6, 6.07) is 0. The lowest BCUT2D eigenvalue weighted by atomic mass is 9.64. The van der Waals surface area contributed by atoms with Crippen LogP contribution in [0.4, 0.5) is 0 Å². The highest BCUT2D eigenvalue weighted by Crippen LogP contribution is 2.45. The van der Waals surface area contributed by atoms with Gasteiger partial charge in [-0.2, -0.15) is 5.10 Å². The summed E-state index contributed by atoms with van der Waals surface area (Å²) in [6.45, 7) is 11.3. The Morgan fingerprint density at radius 3 is 2.89 bits per heavy atom. The molecule has 2 rings (SSSR count). The zero-order chi connectivity index (χ0) is 13.7. The van der Waals surface area contributed by atoms with Crippen LogP contribution in [0.5, 0.6) is 0 Å². The van der Waals surface area contributed by atoms with E-state index in [1.807, 2.05) is 17.0 Å². The fraction of sp³-hybridized carbons (Fsp3) is 0.688. The summed E-state index contributed by atoms with van der Waals surface area (Å²) in [5.41, 5.74) is 1.84. The third kappa shape index (κ3) is 3.93. The molecular weight excluding hydrogens is 234 g/mol. The van der Waals surface area contributed by atoms with Gasteiger partial charge in [0.05, 0.1) is 12.7 Å². The summed E-state index contributed by atoms with van der Waals surface area (Å²) in [4.78, 5) is 0. The SMILES string of the molecule is C=CCn1cc(CNCC2(CC(C)C)CCC2)cn1. The summed E-state index contributed by atoms with van der Waals surface area (Å²) in [7, 11) is 0. The molecule has 0 radical (unpaired) electrons. The van der Waals surface area contributed by atoms with Crippen molar-refractivity contribution < 1.29 is 0 Å². The first-order chi connectivity index (χ1) is 9.13. The van der Waals surface area contributed by atoms with Gasteiger partial charge in [0.25, 0.3) is 0 Å². The molecule has 0 amide bonds. The highest BCUT2D eigenvalue weighted by atomic mass is 15.3. The van der Waals surface area contributed by atoms with Crippen molar-refractivity contribution >= 4 is 0 Å². The normalized spacial score (nSPS) is 17.4. The average molecular weight is 261 g/mol. The molecule has 0 spiro atoms. The fourth-order valence-corrected chi connectivity index (χ4v) is 3.20. The topological polar surface area (TPSA) is 29.9 Å². The van der Waals surface area contributed by atoms with Crippen LogP contribution in [0.25, 0.3) is 0 Å². The standard InChI is InChI=1S/C16H27N3/c1-4-8-19-12-15(11-18-19)10-17-13-16(6-5-7-16)9-14(2)3/h4,11-12,14,17H,1,5-10,13H2,2-3H3. The van der Waals surface area contributed by atoms with E-state index in [-0.39, 0.29) is 0 Å². The Bertz CT molecular complexity index is 402. The molecule has 0 aliphatic heterocycles. The van der Waals surface area contributed by atoms with Gasteiger partial charge in [-0.1, -0.05) is 26.3 Å². The first-order valence-electron chi connectivity index (χ1n) is 7.46. The third-order valence-corrected chi connectivity index (χ3v) is 4.09. The highest BCUT2D eigenvalue weighted by Gasteiger charge is 2.36. The highest BCUT2D eigenvalue weighted by molar-refractivity contribution is 5.04. The largest absolute Gasteiger partial charge is 0.312 e. The Morgan fingerprint density at radius 2 is 2.32 bits per heavy atom. The van der Waals surface area contributed by atoms with Crippen LogP contribution in [-0.4, -0.2) is 16.3 Å². The molecule has 1 N–H and O–H groups in total. The molecule has 106 valence electrons. The number of aromatic nitrogens is 2. The molecule has 0 unspecified atom stereocenters. The Kier molecular flexibility index (Phi) is 4.81. The van der Waals surface area contributed by atoms with Crippen LogP contribution < -0.4 is 5.32 Å². The minimum atomic E-state index is 0.575. The van der Waals surface area contributed by atoms with E-state index >= 15 is 0 Å². The van der Waals surface area contributed by atoms with Gasteiger partial charge >= 0.3 is 0 Å². The quantitative estimate of drug-likeness (QED) is 0.727. The van der Waals surface area contributed by atoms with E-state index in [0.29, 0.717) is 5.41 Å². The lowest BCUT2D eigenvalue weighted by Gasteiger charge is -2.43. The zero-order valence-corrected chi connectivity index (χ0v) is 12.4. The van der Waals surface area contributed by atoms with Gasteiger partial charge in [-0.15, -0.1) is 6.58 Å². The van der Waals surface area contributed by atoms with E-state index < -0.39 is 0 Å². The summed E-state index contributed by atoms with van der Waals surface area (Å²) in [6.07, 6.45) is 11.5. The van der Waals surface area contributed by atoms with E-state index in [0.717, 1.165) is 25.6 Å². The zero-order valence-electron chi connectivity index (χ0n) is 12.4. The van der Waals surface area contributed by atoms with Crippen molar-refractivity contribution in [3.8, 4) is 0 Å². The molecule has 1 saturated carbocycles. The molecule has 1 aromatic heterocycles. The number of hydrogen-bond donors (Lipinski definition) is 1. The van der Waals surface area contributed by atoms with Crippen molar-refractivity contribution in [3.05, 3.63) is 30.6 Å². The Morgan fingerprint density at radius 1 is 1.53 bits per heavy atom. The van der Waals surface area contributed by atoms with Crippen molar-refractivity contribution in [1.29, 1.82) is 0 Å². The second-order valence-corrected chi connectivity index (χ2v) is 6.41. The van der Waals surface area contributed by atoms with Gasteiger partial charge in [0.15, 0.2) is 0 Å². The molecule has 0 atom stereocenters. The van der Waals surface area contributed by atoms with Gasteiger partial charge in [-0.25, -0.2) is 0 Å². The fourth-order valence-electron chi connectivity index (χ4n) is 3.20. The van der Waals surface area contributed by atoms with Crippen molar-refractivity contribution in [2.75, 3.05) is 6.54 Å². The van der Waals surface area contributed by atoms with E-state index in [9.17, 15) is 0 Å². The van der Waals surface area contributed by atoms with Gasteiger partial charge in [-0.3, -0.25) is 4.68 Å². The molecule has 0 bridgehead atoms. The van der Waals surface area contributed by atoms with Gasteiger partial charge in [0.1, 0.15) is 0 Å². The number of allylic oxidation sites excluding steroid dienone is 1. The monoisotopic (exact) mass is 261 g/mol. The average Bonchev–Trinajstić information content (AvgIpc) is 2.73. The van der Waals surface area contributed by atoms with Crippen molar-refractivity contribution in [1.82, 2.24) is 15.1 Å². The lowest BCUT2D eigenvalue weighted by Crippen LogP contribution is -2.40. The van der Waals surface area contributed by atoms with Crippen molar-refractivity contribution in [2.24, 2.45) is 11.3 Å². The first kappa shape index (κ1) is 14.3. The first-order valence-corrected chi connectivity index (χ1v) is 7.46. The number of rotatable bonds is 8. The van der Waals surface area contributed by atoms with E-state index in [2.05, 4.69) is 37.0 Å². The van der Waals surface area contributed by atoms with E-state index in [1.54, 1.807) is 0 Å². The molecule has 1 aliphatic rings. The van der Waals surface area contributed by atoms with Gasteiger partial charge in [-0.05, 0) is 30.6 Å². The van der Waals surface area contributed by atoms with Crippen molar-refractivity contribution in [2.45, 2.75) is 52.6 Å². The van der Waals surface area contributed by atoms with Crippen molar-refractivity contribution in [3.63, 3.8) is 0 Å². The van der Waals surface area contributed by atoms with Crippen LogP contribution in [0.3, 0.4) is 0 Å². The number of nitrogens with zero attached hydrogens (tertiary/aromatic N) is 2. The molecule has 1 aromatic rings. The summed E-state index contributed by atoms with van der Waals surface area (Å²) in [5.74, 6) is 0.803. The number of nitrogens with one attached hydrogen (secondary N) is 1. The van der Waals surface area contributed by atoms with Crippen LogP contribution in [0.15, 0.2) is 25.0 Å². The maximum atomic E-state index is 4.31. The molecule has 3 heteroatoms. The molecule has 1 aliphatic carbocycles. The Hall–Kier alpha value is -1.09. The summed E-state index contributed by atoms with van der Waals surface area (Å²) in [5, 5.41) is 7.94. The lowest BCUT2D eigenvalue weighted by molar-refractivity contribution is 0.0979. The molecule has 0 aromatic carbocycles. The van der Waals surface area contributed by atoms with Gasteiger partial charge in [0.2, 0.25) is 0 Å². The molecule has 0 saturated heterocycles. The van der Waals surface area contributed by atoms with Crippen LogP contribution in [0.1, 0.15) is 45.1 Å². The van der Waals surface area contributed by atoms with Gasteiger partial charge < -0.3 is 5.32 Å². The Balaban J connectivity index is 1.77. The maximum absolute atomic E-state index is 4.31. The molecule has 19 heavy (non-hydrogen) atoms. The summed E-state index contributed by atoms with van der Waals surface area (Å²) < 4.78 is 1.93. The van der Waals surface area contributed by atoms with E-state index in [1.165, 1.54) is 31.2 Å². The predicted molar refractivity (Wildman–Crippen MR) is 79.9 cm³/mol. The predicted octanol–water partition coefficient (Wildman–Crippen LogP) is 3.38. The second-order valence-electron chi connectivity index (χ2n) is 6.41. The van der Waals surface area contributed by atoms with Gasteiger partial charge in [0, 0.05) is 24.8 Å². The molecular formula is C16H27N3. The molecule has 3 nitrogen and oxygen atoms in total. The van der Waals surface area contributed by atoms with Crippen LogP contribution in [-0.2, 0) is 13.1 Å². The van der Waals surface area contributed by atoms with Crippen LogP contribution in [0, 0.1) is 11.3 Å². The molecule has 1 heterocycles. The van der Waals surface area contributed by atoms with E-state index in [4.69, 9.17) is 0 Å². The molecule has 1 fully saturated rings. The second kappa shape index (κ2) is 6.38. The van der Waals surface area contributed by atoms with Crippen LogP contribution in [0.2, 0.25) is 0 Å². The maximum Gasteiger partial charge on any atom is 0.0587 e. The third-order valence-electron chi connectivity index (χ3n) is 4.09. The smallest absolute Gasteiger partial charge is 0.0587 e. The summed E-state index contributed by atoms with van der Waals surface area (Å²) >= 11 is 0. The minimum absolute atomic E-state index is 0.575. The number of hydrogen-bond acceptors (Lipinski definition) is 2.